The molecule has 0 unspecified atom stereocenters. The molecular weight excluding hydrogens is 231 g/mol. The van der Waals surface area contributed by atoms with Crippen molar-refractivity contribution >= 4 is 16.6 Å². The van der Waals surface area contributed by atoms with E-state index in [1.165, 1.54) is 6.07 Å². The molecule has 0 atom stereocenters. The van der Waals surface area contributed by atoms with E-state index in [9.17, 15) is 4.39 Å². The van der Waals surface area contributed by atoms with Crippen LogP contribution in [0.2, 0.25) is 0 Å². The van der Waals surface area contributed by atoms with Crippen molar-refractivity contribution in [3.05, 3.63) is 47.8 Å². The Balaban J connectivity index is 2.45. The number of hydrogen-bond donors (Lipinski definition) is 1. The summed E-state index contributed by atoms with van der Waals surface area (Å²) in [5, 5.41) is 1.33. The number of aliphatic imine (C=N–C) groups is 1. The Labute approximate surface area is 105 Å². The van der Waals surface area contributed by atoms with E-state index in [0.717, 1.165) is 10.9 Å². The number of benzene rings is 2. The summed E-state index contributed by atoms with van der Waals surface area (Å²) in [6.07, 6.45) is 0. The highest BCUT2D eigenvalue weighted by Crippen LogP contribution is 2.21. The molecule has 2 rings (SSSR count). The Hall–Kier alpha value is -1.94. The number of methoxy groups -OCH3 is 1. The molecule has 0 aliphatic heterocycles. The van der Waals surface area contributed by atoms with Crippen LogP contribution in [-0.2, 0) is 4.74 Å². The largest absolute Gasteiger partial charge is 0.383 e. The van der Waals surface area contributed by atoms with Crippen LogP contribution in [0.4, 0.5) is 4.39 Å². The molecule has 18 heavy (non-hydrogen) atoms. The number of ether oxygens (including phenoxy) is 1. The summed E-state index contributed by atoms with van der Waals surface area (Å²) in [6.45, 7) is 1.01. The zero-order valence-electron chi connectivity index (χ0n) is 10.2. The zero-order chi connectivity index (χ0) is 13.0. The van der Waals surface area contributed by atoms with Crippen molar-refractivity contribution < 1.29 is 9.13 Å². The Morgan fingerprint density at radius 2 is 1.94 bits per heavy atom. The van der Waals surface area contributed by atoms with E-state index in [4.69, 9.17) is 10.5 Å². The lowest BCUT2D eigenvalue weighted by Crippen LogP contribution is -2.15. The number of fused-ring (bicyclic) bond motifs is 1. The van der Waals surface area contributed by atoms with Gasteiger partial charge in [-0.05, 0) is 17.5 Å². The molecule has 0 heterocycles. The van der Waals surface area contributed by atoms with Gasteiger partial charge in [0.1, 0.15) is 11.7 Å². The minimum atomic E-state index is -0.251. The molecule has 0 amide bonds. The minimum Gasteiger partial charge on any atom is -0.383 e. The molecule has 0 saturated heterocycles. The van der Waals surface area contributed by atoms with Gasteiger partial charge < -0.3 is 10.5 Å². The number of halogens is 1. The first-order valence-corrected chi connectivity index (χ1v) is 5.70. The van der Waals surface area contributed by atoms with Crippen molar-refractivity contribution in [2.24, 2.45) is 10.7 Å². The highest BCUT2D eigenvalue weighted by atomic mass is 19.1. The third-order valence-electron chi connectivity index (χ3n) is 2.72. The molecule has 0 aromatic heterocycles. The van der Waals surface area contributed by atoms with Crippen LogP contribution in [0.15, 0.2) is 41.4 Å². The topological polar surface area (TPSA) is 47.6 Å². The number of nitrogens with zero attached hydrogens (tertiary/aromatic N) is 1. The van der Waals surface area contributed by atoms with Crippen LogP contribution in [0.5, 0.6) is 0 Å². The summed E-state index contributed by atoms with van der Waals surface area (Å²) in [7, 11) is 1.61. The van der Waals surface area contributed by atoms with Crippen LogP contribution in [0.1, 0.15) is 5.56 Å². The lowest BCUT2D eigenvalue weighted by atomic mass is 10.0. The average molecular weight is 246 g/mol. The summed E-state index contributed by atoms with van der Waals surface area (Å²) >= 11 is 0. The Bertz CT molecular complexity index is 581. The maximum Gasteiger partial charge on any atom is 0.131 e. The minimum absolute atomic E-state index is 0.251. The summed E-state index contributed by atoms with van der Waals surface area (Å²) in [4.78, 5) is 4.21. The van der Waals surface area contributed by atoms with Crippen molar-refractivity contribution in [2.75, 3.05) is 20.3 Å². The van der Waals surface area contributed by atoms with Crippen LogP contribution in [0, 0.1) is 5.82 Å². The van der Waals surface area contributed by atoms with Gasteiger partial charge in [-0.1, -0.05) is 24.3 Å². The van der Waals surface area contributed by atoms with Crippen LogP contribution >= 0.6 is 0 Å². The number of amidine groups is 1. The smallest absolute Gasteiger partial charge is 0.131 e. The third-order valence-corrected chi connectivity index (χ3v) is 2.72. The molecule has 0 bridgehead atoms. The predicted octanol–water partition coefficient (Wildman–Crippen LogP) is 2.33. The van der Waals surface area contributed by atoms with E-state index in [0.29, 0.717) is 24.4 Å². The Morgan fingerprint density at radius 3 is 2.67 bits per heavy atom. The first-order chi connectivity index (χ1) is 8.74. The van der Waals surface area contributed by atoms with Crippen LogP contribution < -0.4 is 5.73 Å². The van der Waals surface area contributed by atoms with Gasteiger partial charge in [-0.15, -0.1) is 0 Å². The molecule has 0 radical (unpaired) electrons. The van der Waals surface area contributed by atoms with Crippen molar-refractivity contribution in [3.8, 4) is 0 Å². The monoisotopic (exact) mass is 246 g/mol. The fourth-order valence-corrected chi connectivity index (χ4v) is 1.83. The first-order valence-electron chi connectivity index (χ1n) is 5.70. The summed E-state index contributed by atoms with van der Waals surface area (Å²) in [5.74, 6) is 0.155. The third kappa shape index (κ3) is 2.49. The molecule has 0 saturated carbocycles. The second-order valence-electron chi connectivity index (χ2n) is 3.90. The molecule has 4 heteroatoms. The second kappa shape index (κ2) is 5.60. The molecule has 0 aliphatic carbocycles. The molecule has 0 fully saturated rings. The fourth-order valence-electron chi connectivity index (χ4n) is 1.83. The van der Waals surface area contributed by atoms with Crippen LogP contribution in [0.3, 0.4) is 0 Å². The molecule has 0 aliphatic rings. The second-order valence-corrected chi connectivity index (χ2v) is 3.90. The summed E-state index contributed by atoms with van der Waals surface area (Å²) in [6, 6.07) is 10.3. The molecule has 94 valence electrons. The Morgan fingerprint density at radius 1 is 1.22 bits per heavy atom. The van der Waals surface area contributed by atoms with Crippen LogP contribution in [0.25, 0.3) is 10.8 Å². The highest BCUT2D eigenvalue weighted by Gasteiger charge is 2.07. The van der Waals surface area contributed by atoms with Gasteiger partial charge in [0, 0.05) is 18.1 Å². The van der Waals surface area contributed by atoms with Gasteiger partial charge in [-0.25, -0.2) is 4.39 Å². The molecule has 3 nitrogen and oxygen atoms in total. The van der Waals surface area contributed by atoms with Crippen molar-refractivity contribution in [1.82, 2.24) is 0 Å². The van der Waals surface area contributed by atoms with Gasteiger partial charge in [-0.3, -0.25) is 4.99 Å². The van der Waals surface area contributed by atoms with E-state index in [1.807, 2.05) is 12.1 Å². The van der Waals surface area contributed by atoms with Crippen molar-refractivity contribution in [1.29, 1.82) is 0 Å². The number of nitrogens with two attached hydrogens (primary N) is 1. The van der Waals surface area contributed by atoms with E-state index in [1.54, 1.807) is 25.3 Å². The Kier molecular flexibility index (Phi) is 3.89. The van der Waals surface area contributed by atoms with Gasteiger partial charge in [0.25, 0.3) is 0 Å². The normalized spacial score (nSPS) is 12.0. The summed E-state index contributed by atoms with van der Waals surface area (Å²) < 4.78 is 18.5. The van der Waals surface area contributed by atoms with Gasteiger partial charge in [0.2, 0.25) is 0 Å². The standard InChI is InChI=1S/C14H15FN2O/c1-18-9-8-17-14(16)12-6-7-13(15)11-5-3-2-4-10(11)12/h2-7H,8-9H2,1H3,(H2,16,17). The van der Waals surface area contributed by atoms with Crippen molar-refractivity contribution in [3.63, 3.8) is 0 Å². The molecule has 2 aromatic carbocycles. The highest BCUT2D eigenvalue weighted by molar-refractivity contribution is 6.09. The lowest BCUT2D eigenvalue weighted by molar-refractivity contribution is 0.208. The van der Waals surface area contributed by atoms with Crippen molar-refractivity contribution in [2.45, 2.75) is 0 Å². The van der Waals surface area contributed by atoms with Gasteiger partial charge >= 0.3 is 0 Å². The lowest BCUT2D eigenvalue weighted by Gasteiger charge is -2.07. The van der Waals surface area contributed by atoms with E-state index < -0.39 is 0 Å². The molecule has 2 N–H and O–H groups in total. The van der Waals surface area contributed by atoms with Gasteiger partial charge in [0.05, 0.1) is 13.2 Å². The van der Waals surface area contributed by atoms with Crippen LogP contribution in [-0.4, -0.2) is 26.1 Å². The van der Waals surface area contributed by atoms with Gasteiger partial charge in [0.15, 0.2) is 0 Å². The predicted molar refractivity (Wildman–Crippen MR) is 71.4 cm³/mol. The number of rotatable bonds is 4. The van der Waals surface area contributed by atoms with E-state index in [2.05, 4.69) is 4.99 Å². The first kappa shape index (κ1) is 12.5. The van der Waals surface area contributed by atoms with Gasteiger partial charge in [-0.2, -0.15) is 0 Å². The zero-order valence-corrected chi connectivity index (χ0v) is 10.2. The molecule has 0 spiro atoms. The van der Waals surface area contributed by atoms with E-state index >= 15 is 0 Å². The molecule has 2 aromatic rings. The maximum atomic E-state index is 13.6. The van der Waals surface area contributed by atoms with E-state index in [-0.39, 0.29) is 5.82 Å². The quantitative estimate of drug-likeness (QED) is 0.511. The number of hydrogen-bond acceptors (Lipinski definition) is 2. The maximum absolute atomic E-state index is 13.6. The fraction of sp³-hybridized carbons (Fsp3) is 0.214. The summed E-state index contributed by atoms with van der Waals surface area (Å²) in [5.41, 5.74) is 6.68. The molecular formula is C14H15FN2O. The average Bonchev–Trinajstić information content (AvgIpc) is 2.39. The SMILES string of the molecule is COCCN=C(N)c1ccc(F)c2ccccc12.